The van der Waals surface area contributed by atoms with Crippen molar-refractivity contribution in [2.45, 2.75) is 39.3 Å². The molecule has 0 radical (unpaired) electrons. The first-order valence-corrected chi connectivity index (χ1v) is 5.14. The summed E-state index contributed by atoms with van der Waals surface area (Å²) in [5.41, 5.74) is 0. The van der Waals surface area contributed by atoms with Crippen molar-refractivity contribution in [1.82, 2.24) is 10.6 Å². The Labute approximate surface area is 86.4 Å². The second-order valence-electron chi connectivity index (χ2n) is 3.59. The van der Waals surface area contributed by atoms with Crippen molar-refractivity contribution in [3.05, 3.63) is 0 Å². The van der Waals surface area contributed by atoms with Crippen LogP contribution in [0.1, 0.15) is 27.2 Å². The first kappa shape index (κ1) is 13.4. The average molecular weight is 202 g/mol. The van der Waals surface area contributed by atoms with Crippen LogP contribution in [0, 0.1) is 0 Å². The Hall–Kier alpha value is -0.610. The highest BCUT2D eigenvalue weighted by atomic mass is 16.5. The Kier molecular flexibility index (Phi) is 7.42. The smallest absolute Gasteiger partial charge is 0.248 e. The molecule has 0 aliphatic carbocycles. The zero-order valence-corrected chi connectivity index (χ0v) is 9.59. The van der Waals surface area contributed by atoms with Crippen LogP contribution >= 0.6 is 0 Å². The van der Waals surface area contributed by atoms with Crippen molar-refractivity contribution >= 4 is 5.91 Å². The van der Waals surface area contributed by atoms with Gasteiger partial charge in [0.2, 0.25) is 5.91 Å². The fourth-order valence-corrected chi connectivity index (χ4v) is 1.00. The van der Waals surface area contributed by atoms with Gasteiger partial charge in [-0.25, -0.2) is 0 Å². The molecule has 0 heterocycles. The van der Waals surface area contributed by atoms with Gasteiger partial charge in [-0.15, -0.1) is 0 Å². The van der Waals surface area contributed by atoms with E-state index in [9.17, 15) is 4.79 Å². The predicted octanol–water partition coefficient (Wildman–Crippen LogP) is 0.526. The van der Waals surface area contributed by atoms with E-state index >= 15 is 0 Å². The van der Waals surface area contributed by atoms with Gasteiger partial charge in [-0.2, -0.15) is 0 Å². The van der Waals surface area contributed by atoms with Crippen LogP contribution in [0.15, 0.2) is 0 Å². The summed E-state index contributed by atoms with van der Waals surface area (Å²) in [4.78, 5) is 11.0. The molecule has 0 aromatic rings. The lowest BCUT2D eigenvalue weighted by Crippen LogP contribution is -2.32. The molecule has 0 spiro atoms. The van der Waals surface area contributed by atoms with Crippen LogP contribution in [-0.4, -0.2) is 38.3 Å². The van der Waals surface area contributed by atoms with Gasteiger partial charge in [0.05, 0.1) is 0 Å². The normalized spacial score (nSPS) is 12.9. The van der Waals surface area contributed by atoms with Gasteiger partial charge in [0, 0.05) is 19.7 Å². The van der Waals surface area contributed by atoms with E-state index in [0.29, 0.717) is 12.6 Å². The van der Waals surface area contributed by atoms with Crippen LogP contribution in [-0.2, 0) is 9.53 Å². The quantitative estimate of drug-likeness (QED) is 0.592. The number of rotatable bonds is 7. The van der Waals surface area contributed by atoms with E-state index in [2.05, 4.69) is 24.5 Å². The molecule has 0 bridgehead atoms. The van der Waals surface area contributed by atoms with E-state index in [0.717, 1.165) is 13.0 Å². The second-order valence-corrected chi connectivity index (χ2v) is 3.59. The molecule has 1 atom stereocenters. The summed E-state index contributed by atoms with van der Waals surface area (Å²) in [6, 6.07) is 0.506. The molecule has 4 heteroatoms. The summed E-state index contributed by atoms with van der Waals surface area (Å²) in [7, 11) is 1.61. The SMILES string of the molecule is CNC(=O)C(C)OCCCNC(C)C. The molecule has 0 rings (SSSR count). The van der Waals surface area contributed by atoms with E-state index in [-0.39, 0.29) is 12.0 Å². The molecular formula is C10H22N2O2. The number of ether oxygens (including phenoxy) is 1. The summed E-state index contributed by atoms with van der Waals surface area (Å²) in [5, 5.41) is 5.83. The summed E-state index contributed by atoms with van der Waals surface area (Å²) in [5.74, 6) is -0.0678. The van der Waals surface area contributed by atoms with Crippen LogP contribution in [0.25, 0.3) is 0 Å². The average Bonchev–Trinajstić information content (AvgIpc) is 2.15. The molecule has 0 fully saturated rings. The molecule has 0 aromatic carbocycles. The minimum absolute atomic E-state index is 0.0678. The Morgan fingerprint density at radius 2 is 2.00 bits per heavy atom. The largest absolute Gasteiger partial charge is 0.369 e. The first-order valence-electron chi connectivity index (χ1n) is 5.14. The molecule has 0 saturated carbocycles. The van der Waals surface area contributed by atoms with Crippen molar-refractivity contribution in [1.29, 1.82) is 0 Å². The predicted molar refractivity (Wildman–Crippen MR) is 57.2 cm³/mol. The Bertz CT molecular complexity index is 160. The van der Waals surface area contributed by atoms with Crippen molar-refractivity contribution in [2.24, 2.45) is 0 Å². The zero-order chi connectivity index (χ0) is 11.0. The minimum atomic E-state index is -0.348. The number of carbonyl (C=O) groups excluding carboxylic acids is 1. The molecule has 1 unspecified atom stereocenters. The summed E-state index contributed by atoms with van der Waals surface area (Å²) in [6.07, 6.45) is 0.582. The molecule has 84 valence electrons. The van der Waals surface area contributed by atoms with Gasteiger partial charge in [-0.05, 0) is 19.9 Å². The molecule has 4 nitrogen and oxygen atoms in total. The van der Waals surface area contributed by atoms with Gasteiger partial charge < -0.3 is 15.4 Å². The van der Waals surface area contributed by atoms with Gasteiger partial charge in [0.15, 0.2) is 0 Å². The van der Waals surface area contributed by atoms with Crippen LogP contribution in [0.3, 0.4) is 0 Å². The van der Waals surface area contributed by atoms with Crippen LogP contribution in [0.2, 0.25) is 0 Å². The van der Waals surface area contributed by atoms with Gasteiger partial charge in [0.25, 0.3) is 0 Å². The molecular weight excluding hydrogens is 180 g/mol. The summed E-state index contributed by atoms with van der Waals surface area (Å²) < 4.78 is 5.32. The van der Waals surface area contributed by atoms with Crippen molar-refractivity contribution in [3.8, 4) is 0 Å². The van der Waals surface area contributed by atoms with Gasteiger partial charge in [-0.1, -0.05) is 13.8 Å². The minimum Gasteiger partial charge on any atom is -0.369 e. The third kappa shape index (κ3) is 6.86. The third-order valence-electron chi connectivity index (χ3n) is 1.86. The van der Waals surface area contributed by atoms with Crippen molar-refractivity contribution in [3.63, 3.8) is 0 Å². The summed E-state index contributed by atoms with van der Waals surface area (Å²) >= 11 is 0. The van der Waals surface area contributed by atoms with Crippen molar-refractivity contribution < 1.29 is 9.53 Å². The topological polar surface area (TPSA) is 50.4 Å². The first-order chi connectivity index (χ1) is 6.57. The highest BCUT2D eigenvalue weighted by Crippen LogP contribution is 1.92. The molecule has 2 N–H and O–H groups in total. The molecule has 0 saturated heterocycles. The molecule has 0 aromatic heterocycles. The maximum atomic E-state index is 11.0. The monoisotopic (exact) mass is 202 g/mol. The number of carbonyl (C=O) groups is 1. The van der Waals surface area contributed by atoms with Crippen LogP contribution in [0.5, 0.6) is 0 Å². The molecule has 0 aliphatic heterocycles. The Balaban J connectivity index is 3.31. The van der Waals surface area contributed by atoms with E-state index < -0.39 is 0 Å². The van der Waals surface area contributed by atoms with Crippen LogP contribution in [0.4, 0.5) is 0 Å². The highest BCUT2D eigenvalue weighted by Gasteiger charge is 2.09. The summed E-state index contributed by atoms with van der Waals surface area (Å²) in [6.45, 7) is 7.52. The zero-order valence-electron chi connectivity index (χ0n) is 9.59. The Morgan fingerprint density at radius 1 is 1.36 bits per heavy atom. The highest BCUT2D eigenvalue weighted by molar-refractivity contribution is 5.79. The van der Waals surface area contributed by atoms with E-state index in [1.165, 1.54) is 0 Å². The van der Waals surface area contributed by atoms with Gasteiger partial charge in [-0.3, -0.25) is 4.79 Å². The van der Waals surface area contributed by atoms with Crippen molar-refractivity contribution in [2.75, 3.05) is 20.2 Å². The Morgan fingerprint density at radius 3 is 2.50 bits per heavy atom. The lowest BCUT2D eigenvalue weighted by molar-refractivity contribution is -0.131. The number of hydrogen-bond acceptors (Lipinski definition) is 3. The van der Waals surface area contributed by atoms with Gasteiger partial charge in [0.1, 0.15) is 6.10 Å². The maximum Gasteiger partial charge on any atom is 0.248 e. The lowest BCUT2D eigenvalue weighted by atomic mass is 10.3. The fourth-order valence-electron chi connectivity index (χ4n) is 1.00. The fraction of sp³-hybridized carbons (Fsp3) is 0.900. The molecule has 14 heavy (non-hydrogen) atoms. The lowest BCUT2D eigenvalue weighted by Gasteiger charge is -2.12. The van der Waals surface area contributed by atoms with Crippen LogP contribution < -0.4 is 10.6 Å². The van der Waals surface area contributed by atoms with E-state index in [1.807, 2.05) is 0 Å². The third-order valence-corrected chi connectivity index (χ3v) is 1.86. The number of likely N-dealkylation sites (N-methyl/N-ethyl adjacent to an activating group) is 1. The van der Waals surface area contributed by atoms with E-state index in [1.54, 1.807) is 14.0 Å². The molecule has 1 amide bonds. The van der Waals surface area contributed by atoms with Gasteiger partial charge >= 0.3 is 0 Å². The standard InChI is InChI=1S/C10H22N2O2/c1-8(2)12-6-5-7-14-9(3)10(13)11-4/h8-9,12H,5-7H2,1-4H3,(H,11,13). The van der Waals surface area contributed by atoms with E-state index in [4.69, 9.17) is 4.74 Å². The molecule has 0 aliphatic rings. The second kappa shape index (κ2) is 7.76. The number of nitrogens with one attached hydrogen (secondary N) is 2. The number of hydrogen-bond donors (Lipinski definition) is 2. The maximum absolute atomic E-state index is 11.0. The number of amides is 1.